The van der Waals surface area contributed by atoms with E-state index < -0.39 is 5.97 Å². The summed E-state index contributed by atoms with van der Waals surface area (Å²) in [4.78, 5) is 26.3. The van der Waals surface area contributed by atoms with Crippen molar-refractivity contribution in [1.29, 1.82) is 0 Å². The number of rotatable bonds is 4. The van der Waals surface area contributed by atoms with Gasteiger partial charge in [-0.15, -0.1) is 11.3 Å². The second-order valence-electron chi connectivity index (χ2n) is 4.25. The van der Waals surface area contributed by atoms with Crippen molar-refractivity contribution < 1.29 is 14.7 Å². The molecule has 5 heteroatoms. The molecule has 1 amide bonds. The van der Waals surface area contributed by atoms with Crippen molar-refractivity contribution in [3.8, 4) is 0 Å². The van der Waals surface area contributed by atoms with Gasteiger partial charge in [-0.25, -0.2) is 0 Å². The fourth-order valence-corrected chi connectivity index (χ4v) is 2.55. The summed E-state index contributed by atoms with van der Waals surface area (Å²) in [6.45, 7) is 7.19. The minimum atomic E-state index is -0.989. The number of thiophene rings is 1. The lowest BCUT2D eigenvalue weighted by molar-refractivity contribution is -0.138. The lowest BCUT2D eigenvalue weighted by Crippen LogP contribution is -2.40. The first-order valence-corrected chi connectivity index (χ1v) is 6.24. The van der Waals surface area contributed by atoms with Gasteiger partial charge in [-0.3, -0.25) is 9.59 Å². The predicted molar refractivity (Wildman–Crippen MR) is 67.6 cm³/mol. The molecule has 0 aliphatic carbocycles. The summed E-state index contributed by atoms with van der Waals surface area (Å²) < 4.78 is 0. The highest BCUT2D eigenvalue weighted by Crippen LogP contribution is 2.22. The van der Waals surface area contributed by atoms with Crippen LogP contribution < -0.4 is 0 Å². The number of carbonyl (C=O) groups excluding carboxylic acids is 1. The lowest BCUT2D eigenvalue weighted by Gasteiger charge is -2.24. The van der Waals surface area contributed by atoms with Gasteiger partial charge in [0, 0.05) is 15.8 Å². The van der Waals surface area contributed by atoms with E-state index in [0.29, 0.717) is 5.56 Å². The molecule has 0 saturated heterocycles. The largest absolute Gasteiger partial charge is 0.480 e. The Morgan fingerprint density at radius 1 is 1.41 bits per heavy atom. The first kappa shape index (κ1) is 13.7. The molecule has 1 aromatic rings. The van der Waals surface area contributed by atoms with Gasteiger partial charge in [-0.05, 0) is 33.8 Å². The highest BCUT2D eigenvalue weighted by molar-refractivity contribution is 7.12. The molecule has 17 heavy (non-hydrogen) atoms. The number of amides is 1. The normalized spacial score (nSPS) is 10.6. The summed E-state index contributed by atoms with van der Waals surface area (Å²) in [5.74, 6) is -1.19. The van der Waals surface area contributed by atoms with Gasteiger partial charge >= 0.3 is 5.97 Å². The van der Waals surface area contributed by atoms with Gasteiger partial charge in [-0.2, -0.15) is 0 Å². The van der Waals surface area contributed by atoms with Crippen LogP contribution in [0.2, 0.25) is 0 Å². The molecule has 0 bridgehead atoms. The Bertz CT molecular complexity index is 437. The van der Waals surface area contributed by atoms with E-state index in [0.717, 1.165) is 9.75 Å². The summed E-state index contributed by atoms with van der Waals surface area (Å²) in [7, 11) is 0. The Hall–Kier alpha value is -1.36. The molecule has 0 unspecified atom stereocenters. The monoisotopic (exact) mass is 255 g/mol. The maximum Gasteiger partial charge on any atom is 0.323 e. The average Bonchev–Trinajstić information content (AvgIpc) is 2.52. The molecule has 1 aromatic heterocycles. The van der Waals surface area contributed by atoms with Crippen molar-refractivity contribution in [3.05, 3.63) is 21.4 Å². The van der Waals surface area contributed by atoms with Gasteiger partial charge in [-0.1, -0.05) is 0 Å². The Kier molecular flexibility index (Phi) is 4.28. The molecule has 0 atom stereocenters. The lowest BCUT2D eigenvalue weighted by atomic mass is 10.2. The second-order valence-corrected chi connectivity index (χ2v) is 5.71. The SMILES string of the molecule is Cc1cc(C(=O)N(CC(=O)O)C(C)C)c(C)s1. The van der Waals surface area contributed by atoms with Crippen molar-refractivity contribution in [3.63, 3.8) is 0 Å². The summed E-state index contributed by atoms with van der Waals surface area (Å²) in [6.07, 6.45) is 0. The van der Waals surface area contributed by atoms with Crippen molar-refractivity contribution in [1.82, 2.24) is 4.90 Å². The van der Waals surface area contributed by atoms with Crippen LogP contribution in [0.4, 0.5) is 0 Å². The average molecular weight is 255 g/mol. The van der Waals surface area contributed by atoms with Crippen LogP contribution in [0.25, 0.3) is 0 Å². The first-order valence-electron chi connectivity index (χ1n) is 5.42. The van der Waals surface area contributed by atoms with Crippen molar-refractivity contribution >= 4 is 23.2 Å². The van der Waals surface area contributed by atoms with Crippen molar-refractivity contribution in [2.24, 2.45) is 0 Å². The summed E-state index contributed by atoms with van der Waals surface area (Å²) in [5.41, 5.74) is 0.613. The third kappa shape index (κ3) is 3.30. The molecule has 0 aliphatic rings. The number of carboxylic acid groups (broad SMARTS) is 1. The zero-order valence-electron chi connectivity index (χ0n) is 10.5. The van der Waals surface area contributed by atoms with E-state index in [1.165, 1.54) is 4.90 Å². The Labute approximate surface area is 105 Å². The van der Waals surface area contributed by atoms with Crippen molar-refractivity contribution in [2.45, 2.75) is 33.7 Å². The molecular formula is C12H17NO3S. The molecule has 0 aromatic carbocycles. The summed E-state index contributed by atoms with van der Waals surface area (Å²) >= 11 is 1.55. The molecule has 94 valence electrons. The van der Waals surface area contributed by atoms with Gasteiger partial charge < -0.3 is 10.0 Å². The Balaban J connectivity index is 2.99. The van der Waals surface area contributed by atoms with Crippen LogP contribution in [-0.4, -0.2) is 34.5 Å². The second kappa shape index (κ2) is 5.31. The first-order chi connectivity index (χ1) is 7.82. The van der Waals surface area contributed by atoms with Crippen LogP contribution >= 0.6 is 11.3 Å². The van der Waals surface area contributed by atoms with E-state index >= 15 is 0 Å². The van der Waals surface area contributed by atoms with Crippen LogP contribution in [0.5, 0.6) is 0 Å². The fraction of sp³-hybridized carbons (Fsp3) is 0.500. The number of carbonyl (C=O) groups is 2. The number of aliphatic carboxylic acids is 1. The van der Waals surface area contributed by atoms with E-state index in [-0.39, 0.29) is 18.5 Å². The third-order valence-corrected chi connectivity index (χ3v) is 3.43. The molecule has 0 spiro atoms. The quantitative estimate of drug-likeness (QED) is 0.898. The van der Waals surface area contributed by atoms with Crippen LogP contribution in [0.1, 0.15) is 34.0 Å². The fourth-order valence-electron chi connectivity index (χ4n) is 1.63. The van der Waals surface area contributed by atoms with E-state index in [1.807, 2.05) is 33.8 Å². The van der Waals surface area contributed by atoms with E-state index in [1.54, 1.807) is 11.3 Å². The van der Waals surface area contributed by atoms with Gasteiger partial charge in [0.1, 0.15) is 6.54 Å². The standard InChI is InChI=1S/C12H17NO3S/c1-7(2)13(6-11(14)15)12(16)10-5-8(3)17-9(10)4/h5,7H,6H2,1-4H3,(H,14,15). The molecule has 0 saturated carbocycles. The smallest absolute Gasteiger partial charge is 0.323 e. The van der Waals surface area contributed by atoms with E-state index in [9.17, 15) is 9.59 Å². The number of carboxylic acids is 1. The highest BCUT2D eigenvalue weighted by atomic mass is 32.1. The molecular weight excluding hydrogens is 238 g/mol. The highest BCUT2D eigenvalue weighted by Gasteiger charge is 2.23. The van der Waals surface area contributed by atoms with E-state index in [2.05, 4.69) is 0 Å². The number of hydrogen-bond donors (Lipinski definition) is 1. The molecule has 0 aliphatic heterocycles. The number of aryl methyl sites for hydroxylation is 2. The molecule has 1 rings (SSSR count). The molecule has 0 fully saturated rings. The minimum absolute atomic E-state index is 0.127. The van der Waals surface area contributed by atoms with Crippen molar-refractivity contribution in [2.75, 3.05) is 6.54 Å². The maximum atomic E-state index is 12.2. The number of nitrogens with zero attached hydrogens (tertiary/aromatic N) is 1. The Morgan fingerprint density at radius 2 is 2.00 bits per heavy atom. The van der Waals surface area contributed by atoms with Gasteiger partial charge in [0.15, 0.2) is 0 Å². The zero-order chi connectivity index (χ0) is 13.2. The van der Waals surface area contributed by atoms with Crippen LogP contribution in [0.3, 0.4) is 0 Å². The van der Waals surface area contributed by atoms with Crippen LogP contribution in [-0.2, 0) is 4.79 Å². The van der Waals surface area contributed by atoms with Gasteiger partial charge in [0.2, 0.25) is 0 Å². The topological polar surface area (TPSA) is 57.6 Å². The molecule has 4 nitrogen and oxygen atoms in total. The molecule has 0 radical (unpaired) electrons. The number of hydrogen-bond acceptors (Lipinski definition) is 3. The summed E-state index contributed by atoms with van der Waals surface area (Å²) in [5, 5.41) is 8.81. The third-order valence-electron chi connectivity index (χ3n) is 2.46. The van der Waals surface area contributed by atoms with Crippen LogP contribution in [0, 0.1) is 13.8 Å². The maximum absolute atomic E-state index is 12.2. The van der Waals surface area contributed by atoms with Gasteiger partial charge in [0.25, 0.3) is 5.91 Å². The van der Waals surface area contributed by atoms with Crippen LogP contribution in [0.15, 0.2) is 6.07 Å². The molecule has 1 heterocycles. The predicted octanol–water partition coefficient (Wildman–Crippen LogP) is 2.30. The van der Waals surface area contributed by atoms with Gasteiger partial charge in [0.05, 0.1) is 5.56 Å². The summed E-state index contributed by atoms with van der Waals surface area (Å²) in [6, 6.07) is 1.69. The minimum Gasteiger partial charge on any atom is -0.480 e. The zero-order valence-corrected chi connectivity index (χ0v) is 11.3. The Morgan fingerprint density at radius 3 is 2.35 bits per heavy atom. The van der Waals surface area contributed by atoms with E-state index in [4.69, 9.17) is 5.11 Å². The molecule has 1 N–H and O–H groups in total.